The van der Waals surface area contributed by atoms with E-state index >= 15 is 0 Å². The molecule has 10 heavy (non-hydrogen) atoms. The van der Waals surface area contributed by atoms with Crippen molar-refractivity contribution in [1.82, 2.24) is 4.98 Å². The number of aliphatic hydroxyl groups excluding tert-OH is 1. The number of aliphatic hydroxyl groups is 1. The summed E-state index contributed by atoms with van der Waals surface area (Å²) >= 11 is 1.65. The van der Waals surface area contributed by atoms with Gasteiger partial charge in [0, 0.05) is 16.5 Å². The van der Waals surface area contributed by atoms with Gasteiger partial charge in [-0.3, -0.25) is 4.98 Å². The fourth-order valence-corrected chi connectivity index (χ4v) is 1.99. The van der Waals surface area contributed by atoms with Crippen LogP contribution in [-0.4, -0.2) is 16.7 Å². The summed E-state index contributed by atoms with van der Waals surface area (Å²) in [5.74, 6) is 0. The first-order valence-corrected chi connectivity index (χ1v) is 4.25. The van der Waals surface area contributed by atoms with Crippen LogP contribution in [0.15, 0.2) is 11.7 Å². The third-order valence-corrected chi connectivity index (χ3v) is 3.13. The lowest BCUT2D eigenvalue weighted by Gasteiger charge is -2.05. The first-order valence-electron chi connectivity index (χ1n) is 3.37. The SMILES string of the molecule is OCC1(c2cncs2)CC1. The van der Waals surface area contributed by atoms with Crippen LogP contribution < -0.4 is 0 Å². The van der Waals surface area contributed by atoms with Crippen molar-refractivity contribution in [1.29, 1.82) is 0 Å². The van der Waals surface area contributed by atoms with Crippen LogP contribution in [0.25, 0.3) is 0 Å². The molecule has 0 unspecified atom stereocenters. The fraction of sp³-hybridized carbons (Fsp3) is 0.571. The van der Waals surface area contributed by atoms with Gasteiger partial charge in [0.25, 0.3) is 0 Å². The van der Waals surface area contributed by atoms with Gasteiger partial charge < -0.3 is 5.11 Å². The fourth-order valence-electron chi connectivity index (χ4n) is 1.11. The highest BCUT2D eigenvalue weighted by atomic mass is 32.1. The molecule has 0 bridgehead atoms. The smallest absolute Gasteiger partial charge is 0.0794 e. The number of rotatable bonds is 2. The minimum atomic E-state index is 0.126. The molecule has 0 amide bonds. The molecule has 2 nitrogen and oxygen atoms in total. The average molecular weight is 155 g/mol. The second-order valence-corrected chi connectivity index (χ2v) is 3.69. The van der Waals surface area contributed by atoms with Crippen LogP contribution in [0.5, 0.6) is 0 Å². The molecule has 0 radical (unpaired) electrons. The molecule has 1 aliphatic carbocycles. The molecule has 0 aromatic carbocycles. The van der Waals surface area contributed by atoms with E-state index in [1.807, 2.05) is 11.7 Å². The summed E-state index contributed by atoms with van der Waals surface area (Å²) in [5.41, 5.74) is 1.95. The molecule has 1 N–H and O–H groups in total. The predicted molar refractivity (Wildman–Crippen MR) is 40.1 cm³/mol. The van der Waals surface area contributed by atoms with Crippen LogP contribution in [0.4, 0.5) is 0 Å². The van der Waals surface area contributed by atoms with Crippen LogP contribution in [0.1, 0.15) is 17.7 Å². The maximum Gasteiger partial charge on any atom is 0.0794 e. The predicted octanol–water partition coefficient (Wildman–Crippen LogP) is 1.17. The number of thiazole rings is 1. The molecule has 1 fully saturated rings. The summed E-state index contributed by atoms with van der Waals surface area (Å²) < 4.78 is 0. The van der Waals surface area contributed by atoms with Crippen LogP contribution in [-0.2, 0) is 5.41 Å². The molecule has 1 heterocycles. The van der Waals surface area contributed by atoms with Crippen molar-refractivity contribution < 1.29 is 5.11 Å². The molecule has 0 saturated heterocycles. The third kappa shape index (κ3) is 0.777. The number of hydrogen-bond donors (Lipinski definition) is 1. The van der Waals surface area contributed by atoms with E-state index < -0.39 is 0 Å². The molecule has 0 aliphatic heterocycles. The Bertz CT molecular complexity index is 216. The number of hydrogen-bond acceptors (Lipinski definition) is 3. The summed E-state index contributed by atoms with van der Waals surface area (Å²) in [7, 11) is 0. The van der Waals surface area contributed by atoms with Crippen molar-refractivity contribution in [3.05, 3.63) is 16.6 Å². The highest BCUT2D eigenvalue weighted by Gasteiger charge is 2.44. The topological polar surface area (TPSA) is 33.1 Å². The van der Waals surface area contributed by atoms with E-state index in [0.29, 0.717) is 0 Å². The molecule has 2 rings (SSSR count). The monoisotopic (exact) mass is 155 g/mol. The maximum absolute atomic E-state index is 9.01. The van der Waals surface area contributed by atoms with E-state index in [2.05, 4.69) is 4.98 Å². The molecular formula is C7H9NOS. The largest absolute Gasteiger partial charge is 0.395 e. The molecule has 1 aliphatic rings. The summed E-state index contributed by atoms with van der Waals surface area (Å²) in [6.07, 6.45) is 4.13. The molecule has 1 aromatic rings. The summed E-state index contributed by atoms with van der Waals surface area (Å²) in [5, 5.41) is 9.01. The normalized spacial score (nSPS) is 20.9. The minimum Gasteiger partial charge on any atom is -0.395 e. The van der Waals surface area contributed by atoms with E-state index in [-0.39, 0.29) is 12.0 Å². The number of nitrogens with zero attached hydrogens (tertiary/aromatic N) is 1. The van der Waals surface area contributed by atoms with Crippen LogP contribution in [0, 0.1) is 0 Å². The van der Waals surface area contributed by atoms with Crippen molar-refractivity contribution in [2.45, 2.75) is 18.3 Å². The Morgan fingerprint density at radius 2 is 2.50 bits per heavy atom. The van der Waals surface area contributed by atoms with E-state index in [1.165, 1.54) is 4.88 Å². The van der Waals surface area contributed by atoms with Gasteiger partial charge in [-0.05, 0) is 12.8 Å². The molecule has 3 heteroatoms. The first kappa shape index (κ1) is 6.31. The Labute approximate surface area is 63.5 Å². The lowest BCUT2D eigenvalue weighted by atomic mass is 10.1. The van der Waals surface area contributed by atoms with Gasteiger partial charge in [0.1, 0.15) is 0 Å². The highest BCUT2D eigenvalue weighted by molar-refractivity contribution is 7.09. The van der Waals surface area contributed by atoms with E-state index in [4.69, 9.17) is 5.11 Å². The Hall–Kier alpha value is -0.410. The summed E-state index contributed by atoms with van der Waals surface area (Å²) in [6.45, 7) is 0.287. The standard InChI is InChI=1S/C7H9NOS/c9-4-7(1-2-7)6-3-8-5-10-6/h3,5,9H,1-2,4H2. The van der Waals surface area contributed by atoms with Gasteiger partial charge in [0.15, 0.2) is 0 Å². The van der Waals surface area contributed by atoms with Crippen molar-refractivity contribution >= 4 is 11.3 Å². The van der Waals surface area contributed by atoms with Gasteiger partial charge in [0.2, 0.25) is 0 Å². The quantitative estimate of drug-likeness (QED) is 0.695. The zero-order chi connectivity index (χ0) is 7.03. The van der Waals surface area contributed by atoms with Gasteiger partial charge in [-0.1, -0.05) is 0 Å². The zero-order valence-corrected chi connectivity index (χ0v) is 6.40. The molecule has 0 atom stereocenters. The van der Waals surface area contributed by atoms with Crippen LogP contribution in [0.3, 0.4) is 0 Å². The van der Waals surface area contributed by atoms with Gasteiger partial charge in [0.05, 0.1) is 12.1 Å². The molecule has 54 valence electrons. The maximum atomic E-state index is 9.01. The van der Waals surface area contributed by atoms with Gasteiger partial charge in [-0.25, -0.2) is 0 Å². The lowest BCUT2D eigenvalue weighted by molar-refractivity contribution is 0.257. The minimum absolute atomic E-state index is 0.126. The Balaban J connectivity index is 2.27. The van der Waals surface area contributed by atoms with Gasteiger partial charge >= 0.3 is 0 Å². The van der Waals surface area contributed by atoms with E-state index in [1.54, 1.807) is 11.3 Å². The van der Waals surface area contributed by atoms with Crippen molar-refractivity contribution in [3.63, 3.8) is 0 Å². The van der Waals surface area contributed by atoms with Crippen molar-refractivity contribution in [2.24, 2.45) is 0 Å². The summed E-state index contributed by atoms with van der Waals surface area (Å²) in [6, 6.07) is 0. The number of aromatic nitrogens is 1. The van der Waals surface area contributed by atoms with Crippen molar-refractivity contribution in [3.8, 4) is 0 Å². The first-order chi connectivity index (χ1) is 4.87. The Kier molecular flexibility index (Phi) is 1.28. The second-order valence-electron chi connectivity index (χ2n) is 2.80. The van der Waals surface area contributed by atoms with Crippen molar-refractivity contribution in [2.75, 3.05) is 6.61 Å². The summed E-state index contributed by atoms with van der Waals surface area (Å²) in [4.78, 5) is 5.23. The Morgan fingerprint density at radius 1 is 1.70 bits per heavy atom. The molecule has 1 aromatic heterocycles. The van der Waals surface area contributed by atoms with Gasteiger partial charge in [-0.2, -0.15) is 0 Å². The van der Waals surface area contributed by atoms with Crippen LogP contribution in [0.2, 0.25) is 0 Å². The third-order valence-electron chi connectivity index (χ3n) is 2.11. The van der Waals surface area contributed by atoms with Gasteiger partial charge in [-0.15, -0.1) is 11.3 Å². The lowest BCUT2D eigenvalue weighted by Crippen LogP contribution is -2.09. The molecular weight excluding hydrogens is 146 g/mol. The van der Waals surface area contributed by atoms with E-state index in [0.717, 1.165) is 12.8 Å². The molecule has 0 spiro atoms. The molecule has 1 saturated carbocycles. The Morgan fingerprint density at radius 3 is 2.90 bits per heavy atom. The highest BCUT2D eigenvalue weighted by Crippen LogP contribution is 2.48. The second kappa shape index (κ2) is 2.04. The van der Waals surface area contributed by atoms with E-state index in [9.17, 15) is 0 Å². The average Bonchev–Trinajstić information content (AvgIpc) is 2.58. The zero-order valence-electron chi connectivity index (χ0n) is 5.58. The van der Waals surface area contributed by atoms with Crippen LogP contribution >= 0.6 is 11.3 Å².